The minimum Gasteiger partial charge on any atom is -0.469 e. The second-order valence-corrected chi connectivity index (χ2v) is 3.92. The average molecular weight is 224 g/mol. The maximum Gasteiger partial charge on any atom is 0.310 e. The number of ether oxygens (including phenoxy) is 1. The number of hydrogen-bond donors (Lipinski definition) is 1. The molecule has 0 aliphatic carbocycles. The molecule has 0 radical (unpaired) electrons. The van der Waals surface area contributed by atoms with Crippen LogP contribution in [0.3, 0.4) is 0 Å². The van der Waals surface area contributed by atoms with Gasteiger partial charge in [-0.25, -0.2) is 4.98 Å². The monoisotopic (exact) mass is 224 g/mol. The van der Waals surface area contributed by atoms with Gasteiger partial charge in [0.05, 0.1) is 13.5 Å². The highest BCUT2D eigenvalue weighted by Gasteiger charge is 2.13. The third-order valence-electron chi connectivity index (χ3n) is 2.34. The van der Waals surface area contributed by atoms with Gasteiger partial charge in [0.1, 0.15) is 5.82 Å². The molecule has 0 unspecified atom stereocenters. The quantitative estimate of drug-likeness (QED) is 0.775. The lowest BCUT2D eigenvalue weighted by atomic mass is 10.1. The number of nitrogens with zero attached hydrogens (tertiary/aromatic N) is 1. The van der Waals surface area contributed by atoms with Crippen molar-refractivity contribution in [2.24, 2.45) is 0 Å². The number of aromatic amines is 1. The number of carbonyl (C=O) groups excluding carboxylic acids is 1. The number of H-pyrrole nitrogens is 1. The predicted molar refractivity (Wildman–Crippen MR) is 59.4 cm³/mol. The van der Waals surface area contributed by atoms with Crippen molar-refractivity contribution >= 4 is 5.97 Å². The molecule has 0 aliphatic heterocycles. The van der Waals surface area contributed by atoms with Crippen molar-refractivity contribution in [1.82, 2.24) is 9.97 Å². The Kier molecular flexibility index (Phi) is 3.82. The summed E-state index contributed by atoms with van der Waals surface area (Å²) in [6, 6.07) is 0. The predicted octanol–water partition coefficient (Wildman–Crippen LogP) is 0.917. The standard InChI is InChI=1S/C11H16N2O3/c1-6(2)10-12-7(3)8(11(15)13-10)5-9(14)16-4/h6H,5H2,1-4H3,(H,12,13,15). The second kappa shape index (κ2) is 4.92. The van der Waals surface area contributed by atoms with Gasteiger partial charge in [-0.3, -0.25) is 9.59 Å². The molecule has 0 aliphatic rings. The molecule has 16 heavy (non-hydrogen) atoms. The number of carbonyl (C=O) groups is 1. The zero-order valence-electron chi connectivity index (χ0n) is 9.96. The van der Waals surface area contributed by atoms with Crippen LogP contribution in [0.2, 0.25) is 0 Å². The lowest BCUT2D eigenvalue weighted by Gasteiger charge is -2.08. The zero-order chi connectivity index (χ0) is 12.3. The van der Waals surface area contributed by atoms with E-state index in [4.69, 9.17) is 0 Å². The van der Waals surface area contributed by atoms with Crippen molar-refractivity contribution in [3.05, 3.63) is 27.4 Å². The Labute approximate surface area is 93.9 Å². The molecule has 0 bridgehead atoms. The molecule has 88 valence electrons. The molecule has 1 aromatic heterocycles. The topological polar surface area (TPSA) is 72.0 Å². The summed E-state index contributed by atoms with van der Waals surface area (Å²) >= 11 is 0. The Morgan fingerprint density at radius 2 is 2.12 bits per heavy atom. The van der Waals surface area contributed by atoms with Crippen molar-refractivity contribution in [2.75, 3.05) is 7.11 Å². The van der Waals surface area contributed by atoms with Gasteiger partial charge < -0.3 is 9.72 Å². The summed E-state index contributed by atoms with van der Waals surface area (Å²) in [6.45, 7) is 5.61. The summed E-state index contributed by atoms with van der Waals surface area (Å²) in [5.74, 6) is 0.349. The number of hydrogen-bond acceptors (Lipinski definition) is 4. The SMILES string of the molecule is COC(=O)Cc1c(C)nc(C(C)C)[nH]c1=O. The van der Waals surface area contributed by atoms with Gasteiger partial charge >= 0.3 is 5.97 Å². The molecule has 0 spiro atoms. The van der Waals surface area contributed by atoms with E-state index < -0.39 is 5.97 Å². The van der Waals surface area contributed by atoms with Crippen LogP contribution in [0.15, 0.2) is 4.79 Å². The molecule has 0 aromatic carbocycles. The third-order valence-corrected chi connectivity index (χ3v) is 2.34. The molecular weight excluding hydrogens is 208 g/mol. The molecule has 0 amide bonds. The fraction of sp³-hybridized carbons (Fsp3) is 0.545. The van der Waals surface area contributed by atoms with Gasteiger partial charge in [-0.1, -0.05) is 13.8 Å². The molecule has 0 fully saturated rings. The van der Waals surface area contributed by atoms with E-state index in [1.165, 1.54) is 7.11 Å². The molecule has 5 nitrogen and oxygen atoms in total. The number of nitrogens with one attached hydrogen (secondary N) is 1. The van der Waals surface area contributed by atoms with E-state index in [0.29, 0.717) is 17.1 Å². The van der Waals surface area contributed by atoms with Gasteiger partial charge in [-0.15, -0.1) is 0 Å². The van der Waals surface area contributed by atoms with E-state index in [2.05, 4.69) is 14.7 Å². The Hall–Kier alpha value is -1.65. The number of rotatable bonds is 3. The van der Waals surface area contributed by atoms with Crippen LogP contribution >= 0.6 is 0 Å². The molecule has 1 heterocycles. The number of methoxy groups -OCH3 is 1. The van der Waals surface area contributed by atoms with E-state index in [1.807, 2.05) is 13.8 Å². The third kappa shape index (κ3) is 2.68. The molecular formula is C11H16N2O3. The lowest BCUT2D eigenvalue weighted by molar-refractivity contribution is -0.139. The van der Waals surface area contributed by atoms with Crippen molar-refractivity contribution in [2.45, 2.75) is 33.1 Å². The van der Waals surface area contributed by atoms with E-state index in [1.54, 1.807) is 6.92 Å². The Morgan fingerprint density at radius 1 is 1.50 bits per heavy atom. The van der Waals surface area contributed by atoms with E-state index in [9.17, 15) is 9.59 Å². The minimum absolute atomic E-state index is 0.0386. The summed E-state index contributed by atoms with van der Waals surface area (Å²) < 4.78 is 4.52. The van der Waals surface area contributed by atoms with Gasteiger partial charge in [0.15, 0.2) is 0 Å². The van der Waals surface area contributed by atoms with Crippen molar-refractivity contribution in [1.29, 1.82) is 0 Å². The molecule has 1 rings (SSSR count). The molecule has 0 atom stereocenters. The summed E-state index contributed by atoms with van der Waals surface area (Å²) in [7, 11) is 1.29. The Morgan fingerprint density at radius 3 is 2.56 bits per heavy atom. The molecule has 1 aromatic rings. The number of aryl methyl sites for hydroxylation is 1. The smallest absolute Gasteiger partial charge is 0.310 e. The summed E-state index contributed by atoms with van der Waals surface area (Å²) in [5, 5.41) is 0. The van der Waals surface area contributed by atoms with Crippen LogP contribution in [0, 0.1) is 6.92 Å². The first kappa shape index (κ1) is 12.4. The minimum atomic E-state index is -0.437. The molecule has 5 heteroatoms. The van der Waals surface area contributed by atoms with Crippen LogP contribution in [-0.4, -0.2) is 23.0 Å². The van der Waals surface area contributed by atoms with Crippen LogP contribution in [-0.2, 0) is 16.0 Å². The molecule has 0 saturated heterocycles. The van der Waals surface area contributed by atoms with Crippen molar-refractivity contribution in [3.63, 3.8) is 0 Å². The number of esters is 1. The number of aromatic nitrogens is 2. The highest BCUT2D eigenvalue weighted by molar-refractivity contribution is 5.72. The summed E-state index contributed by atoms with van der Waals surface area (Å²) in [5.41, 5.74) is 0.690. The Balaban J connectivity index is 3.13. The van der Waals surface area contributed by atoms with E-state index in [-0.39, 0.29) is 17.9 Å². The maximum absolute atomic E-state index is 11.7. The normalized spacial score (nSPS) is 10.6. The van der Waals surface area contributed by atoms with Gasteiger partial charge in [0.2, 0.25) is 0 Å². The zero-order valence-corrected chi connectivity index (χ0v) is 9.96. The first-order valence-corrected chi connectivity index (χ1v) is 5.12. The Bertz CT molecular complexity index is 449. The second-order valence-electron chi connectivity index (χ2n) is 3.92. The summed E-state index contributed by atoms with van der Waals surface area (Å²) in [6.07, 6.45) is -0.0386. The largest absolute Gasteiger partial charge is 0.469 e. The van der Waals surface area contributed by atoms with E-state index >= 15 is 0 Å². The van der Waals surface area contributed by atoms with Gasteiger partial charge in [-0.05, 0) is 6.92 Å². The van der Waals surface area contributed by atoms with Crippen molar-refractivity contribution in [3.8, 4) is 0 Å². The van der Waals surface area contributed by atoms with Crippen LogP contribution in [0.5, 0.6) is 0 Å². The maximum atomic E-state index is 11.7. The fourth-order valence-corrected chi connectivity index (χ4v) is 1.33. The molecule has 1 N–H and O–H groups in total. The van der Waals surface area contributed by atoms with Gasteiger partial charge in [-0.2, -0.15) is 0 Å². The summed E-state index contributed by atoms with van der Waals surface area (Å²) in [4.78, 5) is 29.7. The average Bonchev–Trinajstić information content (AvgIpc) is 2.22. The van der Waals surface area contributed by atoms with Gasteiger partial charge in [0, 0.05) is 17.2 Å². The van der Waals surface area contributed by atoms with Crippen LogP contribution in [0.4, 0.5) is 0 Å². The van der Waals surface area contributed by atoms with Crippen LogP contribution in [0.1, 0.15) is 36.8 Å². The van der Waals surface area contributed by atoms with E-state index in [0.717, 1.165) is 0 Å². The highest BCUT2D eigenvalue weighted by Crippen LogP contribution is 2.09. The first-order valence-electron chi connectivity index (χ1n) is 5.12. The van der Waals surface area contributed by atoms with Crippen molar-refractivity contribution < 1.29 is 9.53 Å². The van der Waals surface area contributed by atoms with Crippen LogP contribution < -0.4 is 5.56 Å². The van der Waals surface area contributed by atoms with Crippen LogP contribution in [0.25, 0.3) is 0 Å². The molecule has 0 saturated carbocycles. The first-order chi connectivity index (χ1) is 7.45. The van der Waals surface area contributed by atoms with Gasteiger partial charge in [0.25, 0.3) is 5.56 Å². The fourth-order valence-electron chi connectivity index (χ4n) is 1.33. The highest BCUT2D eigenvalue weighted by atomic mass is 16.5. The lowest BCUT2D eigenvalue weighted by Crippen LogP contribution is -2.22.